The summed E-state index contributed by atoms with van der Waals surface area (Å²) in [6.45, 7) is 13.4. The molecular formula is C21H34N2O2. The molecular weight excluding hydrogens is 312 g/mol. The third-order valence-electron chi connectivity index (χ3n) is 7.45. The topological polar surface area (TPSA) is 32.8 Å². The molecule has 4 aliphatic rings. The SMILES string of the molecule is CCN1CCN(CC2C(=O)OC3CC4(C)CCCC(C)C4=CC32)CC1. The van der Waals surface area contributed by atoms with E-state index in [2.05, 4.69) is 36.6 Å². The molecule has 4 nitrogen and oxygen atoms in total. The first-order valence-corrected chi connectivity index (χ1v) is 10.4. The number of ether oxygens (including phenoxy) is 1. The van der Waals surface area contributed by atoms with Crippen LogP contribution in [0, 0.1) is 23.2 Å². The summed E-state index contributed by atoms with van der Waals surface area (Å²) >= 11 is 0. The molecule has 4 rings (SSSR count). The summed E-state index contributed by atoms with van der Waals surface area (Å²) in [6.07, 6.45) is 7.51. The summed E-state index contributed by atoms with van der Waals surface area (Å²) in [6, 6.07) is 0. The number of likely N-dealkylation sites (N-methyl/N-ethyl adjacent to an activating group) is 1. The molecule has 3 fully saturated rings. The van der Waals surface area contributed by atoms with E-state index in [4.69, 9.17) is 4.74 Å². The normalized spacial score (nSPS) is 42.5. The number of hydrogen-bond acceptors (Lipinski definition) is 4. The van der Waals surface area contributed by atoms with E-state index in [1.165, 1.54) is 19.3 Å². The van der Waals surface area contributed by atoms with Gasteiger partial charge in [-0.2, -0.15) is 0 Å². The minimum Gasteiger partial charge on any atom is -0.461 e. The zero-order chi connectivity index (χ0) is 17.6. The molecule has 5 atom stereocenters. The number of esters is 1. The van der Waals surface area contributed by atoms with E-state index in [-0.39, 0.29) is 23.4 Å². The van der Waals surface area contributed by atoms with Gasteiger partial charge in [-0.15, -0.1) is 0 Å². The Balaban J connectivity index is 1.49. The highest BCUT2D eigenvalue weighted by Gasteiger charge is 2.51. The van der Waals surface area contributed by atoms with Gasteiger partial charge in [0.2, 0.25) is 0 Å². The lowest BCUT2D eigenvalue weighted by molar-refractivity contribution is -0.145. The van der Waals surface area contributed by atoms with Crippen LogP contribution in [0.5, 0.6) is 0 Å². The summed E-state index contributed by atoms with van der Waals surface area (Å²) in [5.74, 6) is 1.08. The number of fused-ring (bicyclic) bond motifs is 2. The Morgan fingerprint density at radius 1 is 1.24 bits per heavy atom. The molecule has 2 saturated heterocycles. The van der Waals surface area contributed by atoms with Crippen molar-refractivity contribution in [3.63, 3.8) is 0 Å². The van der Waals surface area contributed by atoms with Gasteiger partial charge in [-0.1, -0.05) is 38.8 Å². The van der Waals surface area contributed by atoms with Crippen molar-refractivity contribution in [2.45, 2.75) is 52.6 Å². The van der Waals surface area contributed by atoms with Crippen LogP contribution in [0.15, 0.2) is 11.6 Å². The Morgan fingerprint density at radius 2 is 1.96 bits per heavy atom. The lowest BCUT2D eigenvalue weighted by atomic mass is 9.59. The van der Waals surface area contributed by atoms with Crippen molar-refractivity contribution < 1.29 is 9.53 Å². The minimum absolute atomic E-state index is 0.0457. The van der Waals surface area contributed by atoms with Crippen LogP contribution in [0.25, 0.3) is 0 Å². The average molecular weight is 347 g/mol. The highest BCUT2D eigenvalue weighted by molar-refractivity contribution is 5.76. The van der Waals surface area contributed by atoms with Gasteiger partial charge >= 0.3 is 5.97 Å². The fraction of sp³-hybridized carbons (Fsp3) is 0.857. The number of piperazine rings is 1. The van der Waals surface area contributed by atoms with E-state index in [1.807, 2.05) is 0 Å². The zero-order valence-corrected chi connectivity index (χ0v) is 16.2. The minimum atomic E-state index is 0.0457. The number of carbonyl (C=O) groups is 1. The predicted octanol–water partition coefficient (Wildman–Crippen LogP) is 2.94. The van der Waals surface area contributed by atoms with Crippen molar-refractivity contribution >= 4 is 5.97 Å². The van der Waals surface area contributed by atoms with Crippen molar-refractivity contribution in [2.75, 3.05) is 39.3 Å². The van der Waals surface area contributed by atoms with E-state index in [0.29, 0.717) is 11.8 Å². The summed E-state index contributed by atoms with van der Waals surface area (Å²) in [5, 5.41) is 0. The number of hydrogen-bond donors (Lipinski definition) is 0. The zero-order valence-electron chi connectivity index (χ0n) is 16.2. The molecule has 4 heteroatoms. The van der Waals surface area contributed by atoms with Crippen molar-refractivity contribution in [2.24, 2.45) is 23.2 Å². The molecule has 2 aliphatic heterocycles. The Bertz CT molecular complexity index is 552. The molecule has 2 heterocycles. The Kier molecular flexibility index (Phi) is 4.70. The number of allylic oxidation sites excluding steroid dienone is 1. The first-order valence-electron chi connectivity index (χ1n) is 10.4. The second-order valence-corrected chi connectivity index (χ2v) is 9.07. The molecule has 0 aromatic heterocycles. The second kappa shape index (κ2) is 6.70. The fourth-order valence-electron chi connectivity index (χ4n) is 5.82. The molecule has 0 spiro atoms. The van der Waals surface area contributed by atoms with E-state index in [1.54, 1.807) is 5.57 Å². The van der Waals surface area contributed by atoms with Gasteiger partial charge in [-0.3, -0.25) is 9.69 Å². The molecule has 0 bridgehead atoms. The largest absolute Gasteiger partial charge is 0.461 e. The van der Waals surface area contributed by atoms with Crippen molar-refractivity contribution in [1.29, 1.82) is 0 Å². The van der Waals surface area contributed by atoms with Crippen molar-refractivity contribution in [1.82, 2.24) is 9.80 Å². The number of rotatable bonds is 3. The van der Waals surface area contributed by atoms with Crippen molar-refractivity contribution in [3.05, 3.63) is 11.6 Å². The quantitative estimate of drug-likeness (QED) is 0.581. The molecule has 25 heavy (non-hydrogen) atoms. The van der Waals surface area contributed by atoms with Crippen LogP contribution < -0.4 is 0 Å². The molecule has 0 radical (unpaired) electrons. The van der Waals surface area contributed by atoms with E-state index in [9.17, 15) is 4.79 Å². The Labute approximate surface area is 152 Å². The summed E-state index contributed by atoms with van der Waals surface area (Å²) in [5.41, 5.74) is 1.89. The van der Waals surface area contributed by atoms with Crippen LogP contribution in [-0.2, 0) is 9.53 Å². The van der Waals surface area contributed by atoms with Gasteiger partial charge in [0.1, 0.15) is 6.10 Å². The first-order chi connectivity index (χ1) is 12.0. The van der Waals surface area contributed by atoms with E-state index >= 15 is 0 Å². The predicted molar refractivity (Wildman–Crippen MR) is 99.2 cm³/mol. The third kappa shape index (κ3) is 3.16. The Morgan fingerprint density at radius 3 is 2.68 bits per heavy atom. The van der Waals surface area contributed by atoms with Gasteiger partial charge < -0.3 is 9.64 Å². The molecule has 0 aromatic carbocycles. The molecule has 0 N–H and O–H groups in total. The monoisotopic (exact) mass is 346 g/mol. The lowest BCUT2D eigenvalue weighted by Gasteiger charge is -2.46. The first kappa shape index (κ1) is 17.5. The van der Waals surface area contributed by atoms with Gasteiger partial charge in [0.05, 0.1) is 5.92 Å². The van der Waals surface area contributed by atoms with Gasteiger partial charge in [-0.05, 0) is 37.1 Å². The third-order valence-corrected chi connectivity index (χ3v) is 7.45. The maximum absolute atomic E-state index is 12.6. The molecule has 2 aliphatic carbocycles. The van der Waals surface area contributed by atoms with Gasteiger partial charge in [0, 0.05) is 38.6 Å². The van der Waals surface area contributed by atoms with Crippen LogP contribution in [0.2, 0.25) is 0 Å². The molecule has 0 amide bonds. The van der Waals surface area contributed by atoms with Crippen LogP contribution >= 0.6 is 0 Å². The average Bonchev–Trinajstić information content (AvgIpc) is 2.88. The van der Waals surface area contributed by atoms with Crippen molar-refractivity contribution in [3.8, 4) is 0 Å². The summed E-state index contributed by atoms with van der Waals surface area (Å²) < 4.78 is 5.89. The standard InChI is InChI=1S/C21H34N2O2/c1-4-22-8-10-23(11-9-22)14-17-16-12-18-15(2)6-5-7-21(18,3)13-19(16)25-20(17)24/h12,15-17,19H,4-11,13-14H2,1-3H3. The smallest absolute Gasteiger partial charge is 0.311 e. The van der Waals surface area contributed by atoms with Gasteiger partial charge in [-0.25, -0.2) is 0 Å². The van der Waals surface area contributed by atoms with Gasteiger partial charge in [0.15, 0.2) is 0 Å². The maximum Gasteiger partial charge on any atom is 0.311 e. The number of nitrogens with zero attached hydrogens (tertiary/aromatic N) is 2. The highest BCUT2D eigenvalue weighted by Crippen LogP contribution is 2.53. The van der Waals surface area contributed by atoms with Crippen LogP contribution in [0.4, 0.5) is 0 Å². The van der Waals surface area contributed by atoms with Gasteiger partial charge in [0.25, 0.3) is 0 Å². The fourth-order valence-corrected chi connectivity index (χ4v) is 5.82. The van der Waals surface area contributed by atoms with E-state index < -0.39 is 0 Å². The van der Waals surface area contributed by atoms with Crippen LogP contribution in [0.1, 0.15) is 46.5 Å². The molecule has 5 unspecified atom stereocenters. The lowest BCUT2D eigenvalue weighted by Crippen LogP contribution is -2.48. The summed E-state index contributed by atoms with van der Waals surface area (Å²) in [7, 11) is 0. The molecule has 0 aromatic rings. The molecule has 1 saturated carbocycles. The Hall–Kier alpha value is -0.870. The van der Waals surface area contributed by atoms with Crippen LogP contribution in [0.3, 0.4) is 0 Å². The van der Waals surface area contributed by atoms with E-state index in [0.717, 1.165) is 45.7 Å². The molecule has 140 valence electrons. The second-order valence-electron chi connectivity index (χ2n) is 9.07. The number of carbonyl (C=O) groups excluding carboxylic acids is 1. The maximum atomic E-state index is 12.6. The highest BCUT2D eigenvalue weighted by atomic mass is 16.6. The summed E-state index contributed by atoms with van der Waals surface area (Å²) in [4.78, 5) is 17.6. The van der Waals surface area contributed by atoms with Crippen LogP contribution in [-0.4, -0.2) is 61.1 Å².